The maximum atomic E-state index is 8.77. The summed E-state index contributed by atoms with van der Waals surface area (Å²) in [7, 11) is -1.46. The molecular formula is C7H10BNO2. The van der Waals surface area contributed by atoms with Gasteiger partial charge in [-0.05, 0) is 31.5 Å². The van der Waals surface area contributed by atoms with Gasteiger partial charge in [-0.2, -0.15) is 0 Å². The minimum Gasteiger partial charge on any atom is -0.422 e. The molecule has 0 aliphatic heterocycles. The summed E-state index contributed by atoms with van der Waals surface area (Å²) >= 11 is 0. The van der Waals surface area contributed by atoms with Crippen molar-refractivity contribution in [3.63, 3.8) is 0 Å². The molecule has 0 aromatic carbocycles. The van der Waals surface area contributed by atoms with Crippen LogP contribution in [0.3, 0.4) is 0 Å². The summed E-state index contributed by atoms with van der Waals surface area (Å²) in [5.41, 5.74) is 2.09. The molecule has 0 unspecified atom stereocenters. The van der Waals surface area contributed by atoms with E-state index in [4.69, 9.17) is 10.0 Å². The highest BCUT2D eigenvalue weighted by atomic mass is 16.4. The van der Waals surface area contributed by atoms with Gasteiger partial charge in [0.05, 0.1) is 5.59 Å². The molecule has 0 saturated heterocycles. The molecule has 0 radical (unpaired) electrons. The van der Waals surface area contributed by atoms with Crippen LogP contribution in [0.15, 0.2) is 12.1 Å². The SMILES string of the molecule is Cc1cc(C)nc(B(O)O)c1. The lowest BCUT2D eigenvalue weighted by atomic mass is 9.85. The molecule has 11 heavy (non-hydrogen) atoms. The quantitative estimate of drug-likeness (QED) is 0.525. The highest BCUT2D eigenvalue weighted by molar-refractivity contribution is 6.57. The van der Waals surface area contributed by atoms with E-state index in [1.54, 1.807) is 6.07 Å². The summed E-state index contributed by atoms with van der Waals surface area (Å²) in [4.78, 5) is 3.93. The number of hydrogen-bond acceptors (Lipinski definition) is 3. The van der Waals surface area contributed by atoms with E-state index in [1.807, 2.05) is 19.9 Å². The third kappa shape index (κ3) is 2.03. The van der Waals surface area contributed by atoms with E-state index in [-0.39, 0.29) is 0 Å². The minimum atomic E-state index is -1.46. The molecule has 0 bridgehead atoms. The van der Waals surface area contributed by atoms with Gasteiger partial charge in [-0.1, -0.05) is 0 Å². The average molecular weight is 151 g/mol. The highest BCUT2D eigenvalue weighted by Gasteiger charge is 2.12. The fourth-order valence-corrected chi connectivity index (χ4v) is 1.00. The van der Waals surface area contributed by atoms with Crippen molar-refractivity contribution >= 4 is 12.7 Å². The fourth-order valence-electron chi connectivity index (χ4n) is 1.00. The topological polar surface area (TPSA) is 53.4 Å². The minimum absolute atomic E-state index is 0.308. The van der Waals surface area contributed by atoms with Crippen LogP contribution in [0.5, 0.6) is 0 Å². The molecule has 1 aromatic heterocycles. The van der Waals surface area contributed by atoms with Crippen molar-refractivity contribution in [2.45, 2.75) is 13.8 Å². The molecule has 2 N–H and O–H groups in total. The third-order valence-electron chi connectivity index (χ3n) is 1.38. The zero-order chi connectivity index (χ0) is 8.43. The predicted molar refractivity (Wildman–Crippen MR) is 43.5 cm³/mol. The number of aromatic nitrogens is 1. The van der Waals surface area contributed by atoms with E-state index in [0.29, 0.717) is 5.59 Å². The fraction of sp³-hybridized carbons (Fsp3) is 0.286. The molecule has 1 heterocycles. The van der Waals surface area contributed by atoms with Gasteiger partial charge in [0, 0.05) is 5.69 Å². The molecule has 0 saturated carbocycles. The van der Waals surface area contributed by atoms with Crippen LogP contribution in [-0.4, -0.2) is 22.2 Å². The van der Waals surface area contributed by atoms with Crippen LogP contribution < -0.4 is 5.59 Å². The van der Waals surface area contributed by atoms with Crippen LogP contribution in [0, 0.1) is 13.8 Å². The van der Waals surface area contributed by atoms with Gasteiger partial charge >= 0.3 is 7.12 Å². The highest BCUT2D eigenvalue weighted by Crippen LogP contribution is 1.96. The number of nitrogens with zero attached hydrogens (tertiary/aromatic N) is 1. The van der Waals surface area contributed by atoms with Gasteiger partial charge in [-0.25, -0.2) is 0 Å². The van der Waals surface area contributed by atoms with E-state index >= 15 is 0 Å². The Hall–Kier alpha value is -0.865. The normalized spacial score (nSPS) is 9.82. The van der Waals surface area contributed by atoms with Crippen molar-refractivity contribution in [3.8, 4) is 0 Å². The van der Waals surface area contributed by atoms with Gasteiger partial charge in [0.25, 0.3) is 0 Å². The van der Waals surface area contributed by atoms with Crippen LogP contribution in [0.2, 0.25) is 0 Å². The lowest BCUT2D eigenvalue weighted by molar-refractivity contribution is 0.424. The Morgan fingerprint density at radius 3 is 2.36 bits per heavy atom. The molecule has 4 heteroatoms. The monoisotopic (exact) mass is 151 g/mol. The second-order valence-electron chi connectivity index (χ2n) is 2.58. The maximum Gasteiger partial charge on any atom is 0.508 e. The molecule has 0 fully saturated rings. The Balaban J connectivity index is 3.08. The first kappa shape index (κ1) is 8.23. The number of aryl methyl sites for hydroxylation is 2. The van der Waals surface area contributed by atoms with Crippen LogP contribution >= 0.6 is 0 Å². The Morgan fingerprint density at radius 2 is 1.91 bits per heavy atom. The predicted octanol–water partition coefficient (Wildman–Crippen LogP) is -0.622. The molecular weight excluding hydrogens is 141 g/mol. The van der Waals surface area contributed by atoms with E-state index in [0.717, 1.165) is 11.3 Å². The summed E-state index contributed by atoms with van der Waals surface area (Å²) in [6, 6.07) is 3.53. The van der Waals surface area contributed by atoms with Crippen LogP contribution in [0.25, 0.3) is 0 Å². The van der Waals surface area contributed by atoms with E-state index in [1.165, 1.54) is 0 Å². The van der Waals surface area contributed by atoms with Crippen molar-refractivity contribution in [2.24, 2.45) is 0 Å². The van der Waals surface area contributed by atoms with Crippen LogP contribution in [-0.2, 0) is 0 Å². The van der Waals surface area contributed by atoms with Crippen LogP contribution in [0.1, 0.15) is 11.3 Å². The second-order valence-corrected chi connectivity index (χ2v) is 2.58. The molecule has 0 amide bonds. The summed E-state index contributed by atoms with van der Waals surface area (Å²) in [6.45, 7) is 3.71. The van der Waals surface area contributed by atoms with E-state index in [9.17, 15) is 0 Å². The van der Waals surface area contributed by atoms with Crippen molar-refractivity contribution in [2.75, 3.05) is 0 Å². The van der Waals surface area contributed by atoms with Gasteiger partial charge in [-0.3, -0.25) is 4.98 Å². The summed E-state index contributed by atoms with van der Waals surface area (Å²) in [5.74, 6) is 0. The van der Waals surface area contributed by atoms with Gasteiger partial charge in [0.1, 0.15) is 0 Å². The Bertz CT molecular complexity index is 242. The van der Waals surface area contributed by atoms with E-state index in [2.05, 4.69) is 4.98 Å². The number of hydrogen-bond donors (Lipinski definition) is 2. The molecule has 1 rings (SSSR count). The first-order chi connectivity index (χ1) is 5.09. The first-order valence-corrected chi connectivity index (χ1v) is 3.41. The van der Waals surface area contributed by atoms with Crippen molar-refractivity contribution in [1.29, 1.82) is 0 Å². The molecule has 58 valence electrons. The maximum absolute atomic E-state index is 8.77. The van der Waals surface area contributed by atoms with Crippen molar-refractivity contribution in [1.82, 2.24) is 4.98 Å². The zero-order valence-corrected chi connectivity index (χ0v) is 6.57. The molecule has 1 aromatic rings. The van der Waals surface area contributed by atoms with Crippen molar-refractivity contribution in [3.05, 3.63) is 23.4 Å². The summed E-state index contributed by atoms with van der Waals surface area (Å²) in [6.07, 6.45) is 0. The third-order valence-corrected chi connectivity index (χ3v) is 1.38. The molecule has 0 aliphatic carbocycles. The average Bonchev–Trinajstić information content (AvgIpc) is 1.85. The number of pyridine rings is 1. The molecule has 3 nitrogen and oxygen atoms in total. The smallest absolute Gasteiger partial charge is 0.422 e. The van der Waals surface area contributed by atoms with E-state index < -0.39 is 7.12 Å². The van der Waals surface area contributed by atoms with Gasteiger partial charge in [0.15, 0.2) is 0 Å². The largest absolute Gasteiger partial charge is 0.508 e. The standard InChI is InChI=1S/C7H10BNO2/c1-5-3-6(2)9-7(4-5)8(10)11/h3-4,10-11H,1-2H3. The summed E-state index contributed by atoms with van der Waals surface area (Å²) < 4.78 is 0. The second kappa shape index (κ2) is 3.03. The lowest BCUT2D eigenvalue weighted by Crippen LogP contribution is -2.33. The first-order valence-electron chi connectivity index (χ1n) is 3.41. The Morgan fingerprint density at radius 1 is 1.27 bits per heavy atom. The lowest BCUT2D eigenvalue weighted by Gasteiger charge is -2.01. The van der Waals surface area contributed by atoms with Gasteiger partial charge in [0.2, 0.25) is 0 Å². The molecule has 0 atom stereocenters. The molecule has 0 aliphatic rings. The van der Waals surface area contributed by atoms with Gasteiger partial charge in [-0.15, -0.1) is 0 Å². The van der Waals surface area contributed by atoms with Gasteiger partial charge < -0.3 is 10.0 Å². The molecule has 0 spiro atoms. The Labute approximate surface area is 65.9 Å². The van der Waals surface area contributed by atoms with Crippen molar-refractivity contribution < 1.29 is 10.0 Å². The number of rotatable bonds is 1. The van der Waals surface area contributed by atoms with Crippen LogP contribution in [0.4, 0.5) is 0 Å². The Kier molecular flexibility index (Phi) is 2.26. The summed E-state index contributed by atoms with van der Waals surface area (Å²) in [5, 5.41) is 17.5. The zero-order valence-electron chi connectivity index (χ0n) is 6.57.